The van der Waals surface area contributed by atoms with Crippen LogP contribution in [-0.4, -0.2) is 22.1 Å². The van der Waals surface area contributed by atoms with Crippen LogP contribution in [0.5, 0.6) is 5.75 Å². The lowest BCUT2D eigenvalue weighted by Crippen LogP contribution is -2.18. The summed E-state index contributed by atoms with van der Waals surface area (Å²) in [5.74, 6) is -0.0833. The Morgan fingerprint density at radius 1 is 1.27 bits per heavy atom. The van der Waals surface area contributed by atoms with E-state index in [1.54, 1.807) is 0 Å². The fourth-order valence-electron chi connectivity index (χ4n) is 0.918. The van der Waals surface area contributed by atoms with Crippen LogP contribution in [0.25, 0.3) is 0 Å². The Bertz CT molecular complexity index is 416. The maximum Gasteiger partial charge on any atom is 0.387 e. The third kappa shape index (κ3) is 3.14. The van der Waals surface area contributed by atoms with Crippen molar-refractivity contribution in [1.29, 1.82) is 0 Å². The Morgan fingerprint density at radius 3 is 2.20 bits per heavy atom. The van der Waals surface area contributed by atoms with Crippen molar-refractivity contribution in [2.24, 2.45) is 0 Å². The van der Waals surface area contributed by atoms with Gasteiger partial charge in [-0.05, 0) is 31.3 Å². The maximum absolute atomic E-state index is 11.8. The quantitative estimate of drug-likeness (QED) is 0.856. The molecule has 0 unspecified atom stereocenters. The highest BCUT2D eigenvalue weighted by Gasteiger charge is 2.11. The Morgan fingerprint density at radius 2 is 1.80 bits per heavy atom. The molecule has 0 saturated heterocycles. The highest BCUT2D eigenvalue weighted by molar-refractivity contribution is 7.89. The molecule has 0 aliphatic carbocycles. The summed E-state index contributed by atoms with van der Waals surface area (Å²) in [5, 5.41) is 0. The van der Waals surface area contributed by atoms with Crippen molar-refractivity contribution in [3.05, 3.63) is 24.3 Å². The zero-order chi connectivity index (χ0) is 11.5. The van der Waals surface area contributed by atoms with Crippen LogP contribution in [0.2, 0.25) is 0 Å². The fourth-order valence-corrected chi connectivity index (χ4v) is 1.65. The van der Waals surface area contributed by atoms with Gasteiger partial charge in [-0.1, -0.05) is 0 Å². The summed E-state index contributed by atoms with van der Waals surface area (Å²) in [6, 6.07) is 4.69. The summed E-state index contributed by atoms with van der Waals surface area (Å²) in [5.41, 5.74) is 0. The molecule has 0 aliphatic rings. The van der Waals surface area contributed by atoms with E-state index in [1.807, 2.05) is 0 Å². The minimum absolute atomic E-state index is 0.00776. The van der Waals surface area contributed by atoms with E-state index in [2.05, 4.69) is 9.46 Å². The van der Waals surface area contributed by atoms with Gasteiger partial charge in [0.25, 0.3) is 0 Å². The second kappa shape index (κ2) is 4.54. The number of nitrogens with one attached hydrogen (secondary N) is 1. The number of alkyl halides is 2. The zero-order valence-electron chi connectivity index (χ0n) is 7.78. The molecular weight excluding hydrogens is 228 g/mol. The first kappa shape index (κ1) is 11.9. The summed E-state index contributed by atoms with van der Waals surface area (Å²) in [4.78, 5) is -0.00776. The van der Waals surface area contributed by atoms with Gasteiger partial charge < -0.3 is 4.74 Å². The Hall–Kier alpha value is -1.21. The lowest BCUT2D eigenvalue weighted by atomic mass is 10.3. The average molecular weight is 237 g/mol. The molecule has 1 aromatic rings. The van der Waals surface area contributed by atoms with E-state index in [9.17, 15) is 17.2 Å². The molecular formula is C8H9F2NO3S. The number of halogens is 2. The highest BCUT2D eigenvalue weighted by Crippen LogP contribution is 2.17. The largest absolute Gasteiger partial charge is 0.435 e. The molecule has 84 valence electrons. The van der Waals surface area contributed by atoms with Crippen molar-refractivity contribution in [3.63, 3.8) is 0 Å². The van der Waals surface area contributed by atoms with Crippen LogP contribution >= 0.6 is 0 Å². The summed E-state index contributed by atoms with van der Waals surface area (Å²) in [6.07, 6.45) is 0. The first-order valence-electron chi connectivity index (χ1n) is 3.94. The van der Waals surface area contributed by atoms with Crippen LogP contribution < -0.4 is 9.46 Å². The van der Waals surface area contributed by atoms with Crippen LogP contribution in [0.15, 0.2) is 29.2 Å². The second-order valence-corrected chi connectivity index (χ2v) is 4.44. The van der Waals surface area contributed by atoms with Gasteiger partial charge in [-0.2, -0.15) is 8.78 Å². The molecule has 15 heavy (non-hydrogen) atoms. The molecule has 0 atom stereocenters. The highest BCUT2D eigenvalue weighted by atomic mass is 32.2. The molecule has 0 spiro atoms. The van der Waals surface area contributed by atoms with Crippen molar-refractivity contribution in [2.45, 2.75) is 11.5 Å². The molecule has 0 aromatic heterocycles. The number of ether oxygens (including phenoxy) is 1. The normalized spacial score (nSPS) is 11.7. The first-order valence-corrected chi connectivity index (χ1v) is 5.42. The van der Waals surface area contributed by atoms with Crippen molar-refractivity contribution in [2.75, 3.05) is 7.05 Å². The smallest absolute Gasteiger partial charge is 0.387 e. The summed E-state index contributed by atoms with van der Waals surface area (Å²) < 4.78 is 52.2. The molecule has 0 radical (unpaired) electrons. The Balaban J connectivity index is 2.91. The van der Waals surface area contributed by atoms with Gasteiger partial charge in [0.15, 0.2) is 0 Å². The van der Waals surface area contributed by atoms with E-state index in [0.29, 0.717) is 0 Å². The van der Waals surface area contributed by atoms with E-state index >= 15 is 0 Å². The molecule has 0 fully saturated rings. The molecule has 0 saturated carbocycles. The second-order valence-electron chi connectivity index (χ2n) is 2.56. The zero-order valence-corrected chi connectivity index (χ0v) is 8.59. The summed E-state index contributed by atoms with van der Waals surface area (Å²) in [7, 11) is -2.27. The molecule has 0 aliphatic heterocycles. The van der Waals surface area contributed by atoms with Crippen LogP contribution in [0, 0.1) is 0 Å². The fraction of sp³-hybridized carbons (Fsp3) is 0.250. The van der Waals surface area contributed by atoms with Crippen LogP contribution in [0.4, 0.5) is 8.78 Å². The molecule has 1 aromatic carbocycles. The average Bonchev–Trinajstić information content (AvgIpc) is 2.18. The number of sulfonamides is 1. The number of hydrogen-bond acceptors (Lipinski definition) is 3. The van der Waals surface area contributed by atoms with E-state index in [0.717, 1.165) is 12.1 Å². The standard InChI is InChI=1S/C8H9F2NO3S/c1-11-15(12,13)7-4-2-6(3-5-7)14-8(9)10/h2-5,8,11H,1H3. The number of hydrogen-bond donors (Lipinski definition) is 1. The molecule has 0 heterocycles. The van der Waals surface area contributed by atoms with Gasteiger partial charge in [0.2, 0.25) is 10.0 Å². The van der Waals surface area contributed by atoms with Crippen LogP contribution in [0.1, 0.15) is 0 Å². The molecule has 1 N–H and O–H groups in total. The predicted octanol–water partition coefficient (Wildman–Crippen LogP) is 1.20. The van der Waals surface area contributed by atoms with Gasteiger partial charge in [-0.15, -0.1) is 0 Å². The monoisotopic (exact) mass is 237 g/mol. The number of benzene rings is 1. The minimum atomic E-state index is -3.54. The minimum Gasteiger partial charge on any atom is -0.435 e. The van der Waals surface area contributed by atoms with Gasteiger partial charge in [-0.3, -0.25) is 0 Å². The van der Waals surface area contributed by atoms with Crippen molar-refractivity contribution in [1.82, 2.24) is 4.72 Å². The Kier molecular flexibility index (Phi) is 3.59. The van der Waals surface area contributed by atoms with Crippen molar-refractivity contribution >= 4 is 10.0 Å². The van der Waals surface area contributed by atoms with Gasteiger partial charge in [0, 0.05) is 0 Å². The van der Waals surface area contributed by atoms with E-state index in [-0.39, 0.29) is 10.6 Å². The molecule has 0 bridgehead atoms. The van der Waals surface area contributed by atoms with Crippen molar-refractivity contribution in [3.8, 4) is 5.75 Å². The summed E-state index contributed by atoms with van der Waals surface area (Å²) in [6.45, 7) is -2.92. The van der Waals surface area contributed by atoms with Gasteiger partial charge in [0.05, 0.1) is 4.90 Å². The van der Waals surface area contributed by atoms with Crippen LogP contribution in [-0.2, 0) is 10.0 Å². The number of rotatable bonds is 4. The van der Waals surface area contributed by atoms with Gasteiger partial charge >= 0.3 is 6.61 Å². The topological polar surface area (TPSA) is 55.4 Å². The van der Waals surface area contributed by atoms with Crippen molar-refractivity contribution < 1.29 is 21.9 Å². The Labute approximate surface area is 85.9 Å². The predicted molar refractivity (Wildman–Crippen MR) is 49.3 cm³/mol. The molecule has 7 heteroatoms. The SMILES string of the molecule is CNS(=O)(=O)c1ccc(OC(F)F)cc1. The maximum atomic E-state index is 11.8. The lowest BCUT2D eigenvalue weighted by molar-refractivity contribution is -0.0498. The molecule has 1 rings (SSSR count). The molecule has 4 nitrogen and oxygen atoms in total. The third-order valence-electron chi connectivity index (χ3n) is 1.63. The first-order chi connectivity index (χ1) is 6.95. The lowest BCUT2D eigenvalue weighted by Gasteiger charge is -2.05. The van der Waals surface area contributed by atoms with E-state index < -0.39 is 16.6 Å². The van der Waals surface area contributed by atoms with Gasteiger partial charge in [0.1, 0.15) is 5.75 Å². The van der Waals surface area contributed by atoms with Crippen LogP contribution in [0.3, 0.4) is 0 Å². The van der Waals surface area contributed by atoms with E-state index in [4.69, 9.17) is 0 Å². The van der Waals surface area contributed by atoms with E-state index in [1.165, 1.54) is 19.2 Å². The van der Waals surface area contributed by atoms with Gasteiger partial charge in [-0.25, -0.2) is 13.1 Å². The summed E-state index contributed by atoms with van der Waals surface area (Å²) >= 11 is 0. The molecule has 0 amide bonds. The third-order valence-corrected chi connectivity index (χ3v) is 3.06.